The molecular formula is C11H8O4. The third kappa shape index (κ3) is 1.61. The van der Waals surface area contributed by atoms with Gasteiger partial charge in [0.15, 0.2) is 0 Å². The summed E-state index contributed by atoms with van der Waals surface area (Å²) in [5.41, 5.74) is 0.0452. The summed E-state index contributed by atoms with van der Waals surface area (Å²) >= 11 is 0. The molecule has 4 heteroatoms. The minimum atomic E-state index is -0.561. The van der Waals surface area contributed by atoms with E-state index >= 15 is 0 Å². The van der Waals surface area contributed by atoms with Crippen LogP contribution in [0.2, 0.25) is 0 Å². The van der Waals surface area contributed by atoms with E-state index in [2.05, 4.69) is 4.74 Å². The molecule has 2 aromatic rings. The molecule has 0 N–H and O–H groups in total. The van der Waals surface area contributed by atoms with Crippen molar-refractivity contribution in [3.8, 4) is 0 Å². The highest BCUT2D eigenvalue weighted by Crippen LogP contribution is 2.16. The molecule has 0 fully saturated rings. The number of para-hydroxylation sites is 1. The molecule has 0 unspecified atom stereocenters. The van der Waals surface area contributed by atoms with E-state index in [1.807, 2.05) is 0 Å². The quantitative estimate of drug-likeness (QED) is 0.522. The molecule has 0 aliphatic heterocycles. The van der Waals surface area contributed by atoms with E-state index in [1.54, 1.807) is 24.3 Å². The third-order valence-corrected chi connectivity index (χ3v) is 2.06. The van der Waals surface area contributed by atoms with Gasteiger partial charge in [0.1, 0.15) is 5.58 Å². The number of hydrogen-bond acceptors (Lipinski definition) is 4. The minimum absolute atomic E-state index is 0.226. The van der Waals surface area contributed by atoms with Crippen molar-refractivity contribution >= 4 is 16.9 Å². The van der Waals surface area contributed by atoms with Crippen molar-refractivity contribution in [2.24, 2.45) is 0 Å². The van der Waals surface area contributed by atoms with Crippen LogP contribution in [-0.2, 0) is 4.74 Å². The van der Waals surface area contributed by atoms with Crippen LogP contribution >= 0.6 is 0 Å². The lowest BCUT2D eigenvalue weighted by molar-refractivity contribution is 0.0602. The molecule has 0 aliphatic rings. The normalized spacial score (nSPS) is 10.2. The summed E-state index contributed by atoms with van der Waals surface area (Å²) in [5.74, 6) is -0.542. The van der Waals surface area contributed by atoms with Crippen LogP contribution in [0.3, 0.4) is 0 Å². The van der Waals surface area contributed by atoms with Crippen molar-refractivity contribution in [3.63, 3.8) is 0 Å². The number of esters is 1. The van der Waals surface area contributed by atoms with Crippen molar-refractivity contribution < 1.29 is 13.9 Å². The van der Waals surface area contributed by atoms with E-state index in [9.17, 15) is 9.59 Å². The Morgan fingerprint density at radius 3 is 2.80 bits per heavy atom. The molecule has 15 heavy (non-hydrogen) atoms. The molecule has 0 saturated carbocycles. The average molecular weight is 204 g/mol. The van der Waals surface area contributed by atoms with E-state index in [1.165, 1.54) is 7.11 Å². The first-order valence-corrected chi connectivity index (χ1v) is 4.33. The van der Waals surface area contributed by atoms with Gasteiger partial charge < -0.3 is 9.15 Å². The SMILES string of the molecule is COC(=O)c1cc(=O)oc2ccccc12. The fourth-order valence-electron chi connectivity index (χ4n) is 1.39. The summed E-state index contributed by atoms with van der Waals surface area (Å²) < 4.78 is 9.51. The van der Waals surface area contributed by atoms with Gasteiger partial charge in [0.25, 0.3) is 0 Å². The van der Waals surface area contributed by atoms with Crippen LogP contribution in [0.4, 0.5) is 0 Å². The van der Waals surface area contributed by atoms with Crippen LogP contribution in [0.25, 0.3) is 11.0 Å². The summed E-state index contributed by atoms with van der Waals surface area (Å²) in [4.78, 5) is 22.5. The molecule has 4 nitrogen and oxygen atoms in total. The van der Waals surface area contributed by atoms with Crippen molar-refractivity contribution in [2.45, 2.75) is 0 Å². The predicted molar refractivity (Wildman–Crippen MR) is 53.8 cm³/mol. The van der Waals surface area contributed by atoms with Gasteiger partial charge in [-0.15, -0.1) is 0 Å². The van der Waals surface area contributed by atoms with Gasteiger partial charge in [0.05, 0.1) is 12.7 Å². The molecule has 1 aromatic carbocycles. The monoisotopic (exact) mass is 204 g/mol. The first kappa shape index (κ1) is 9.45. The molecule has 0 radical (unpaired) electrons. The smallest absolute Gasteiger partial charge is 0.338 e. The van der Waals surface area contributed by atoms with Crippen molar-refractivity contribution in [2.75, 3.05) is 7.11 Å². The van der Waals surface area contributed by atoms with Gasteiger partial charge in [0.2, 0.25) is 0 Å². The summed E-state index contributed by atoms with van der Waals surface area (Å²) in [6.07, 6.45) is 0. The predicted octanol–water partition coefficient (Wildman–Crippen LogP) is 1.58. The Labute approximate surface area is 85.1 Å². The van der Waals surface area contributed by atoms with Crippen LogP contribution in [0.1, 0.15) is 10.4 Å². The van der Waals surface area contributed by atoms with Gasteiger partial charge in [-0.2, -0.15) is 0 Å². The Balaban J connectivity index is 2.82. The van der Waals surface area contributed by atoms with Crippen molar-refractivity contribution in [3.05, 3.63) is 46.3 Å². The van der Waals surface area contributed by atoms with Crippen molar-refractivity contribution in [1.82, 2.24) is 0 Å². The number of carbonyl (C=O) groups excluding carboxylic acids is 1. The zero-order valence-electron chi connectivity index (χ0n) is 8.02. The summed E-state index contributed by atoms with van der Waals surface area (Å²) in [7, 11) is 1.27. The topological polar surface area (TPSA) is 56.5 Å². The van der Waals surface area contributed by atoms with Crippen LogP contribution in [0, 0.1) is 0 Å². The molecular weight excluding hydrogens is 196 g/mol. The standard InChI is InChI=1S/C11H8O4/c1-14-11(13)8-6-10(12)15-9-5-3-2-4-7(8)9/h2-6H,1H3. The van der Waals surface area contributed by atoms with Gasteiger partial charge in [0, 0.05) is 11.5 Å². The Morgan fingerprint density at radius 1 is 1.33 bits per heavy atom. The lowest BCUT2D eigenvalue weighted by atomic mass is 10.1. The van der Waals surface area contributed by atoms with Gasteiger partial charge in [-0.05, 0) is 6.07 Å². The largest absolute Gasteiger partial charge is 0.465 e. The highest BCUT2D eigenvalue weighted by molar-refractivity contribution is 6.02. The Hall–Kier alpha value is -2.10. The number of benzene rings is 1. The molecule has 0 saturated heterocycles. The van der Waals surface area contributed by atoms with E-state index in [-0.39, 0.29) is 5.56 Å². The molecule has 2 rings (SSSR count). The first-order valence-electron chi connectivity index (χ1n) is 4.33. The van der Waals surface area contributed by atoms with Gasteiger partial charge in [-0.25, -0.2) is 9.59 Å². The molecule has 1 aromatic heterocycles. The average Bonchev–Trinajstić information content (AvgIpc) is 2.26. The third-order valence-electron chi connectivity index (χ3n) is 2.06. The molecule has 76 valence electrons. The molecule has 0 aliphatic carbocycles. The molecule has 0 atom stereocenters. The van der Waals surface area contributed by atoms with Crippen LogP contribution in [0.5, 0.6) is 0 Å². The molecule has 0 spiro atoms. The summed E-state index contributed by atoms with van der Waals surface area (Å²) in [6, 6.07) is 7.95. The first-order chi connectivity index (χ1) is 7.22. The Morgan fingerprint density at radius 2 is 2.07 bits per heavy atom. The van der Waals surface area contributed by atoms with Crippen LogP contribution in [0.15, 0.2) is 39.5 Å². The summed E-state index contributed by atoms with van der Waals surface area (Å²) in [5, 5.41) is 0.573. The maximum Gasteiger partial charge on any atom is 0.338 e. The molecule has 0 bridgehead atoms. The van der Waals surface area contributed by atoms with E-state index < -0.39 is 11.6 Å². The second-order valence-electron chi connectivity index (χ2n) is 2.97. The minimum Gasteiger partial charge on any atom is -0.465 e. The van der Waals surface area contributed by atoms with Gasteiger partial charge >= 0.3 is 11.6 Å². The van der Waals surface area contributed by atoms with E-state index in [0.717, 1.165) is 6.07 Å². The number of fused-ring (bicyclic) bond motifs is 1. The zero-order chi connectivity index (χ0) is 10.8. The highest BCUT2D eigenvalue weighted by Gasteiger charge is 2.12. The van der Waals surface area contributed by atoms with E-state index in [0.29, 0.717) is 11.0 Å². The lowest BCUT2D eigenvalue weighted by Crippen LogP contribution is -2.07. The number of rotatable bonds is 1. The number of ether oxygens (including phenoxy) is 1. The lowest BCUT2D eigenvalue weighted by Gasteiger charge is -2.02. The summed E-state index contributed by atoms with van der Waals surface area (Å²) in [6.45, 7) is 0. The fourth-order valence-corrected chi connectivity index (χ4v) is 1.39. The van der Waals surface area contributed by atoms with Crippen molar-refractivity contribution in [1.29, 1.82) is 0 Å². The fraction of sp³-hybridized carbons (Fsp3) is 0.0909. The van der Waals surface area contributed by atoms with Crippen LogP contribution < -0.4 is 5.63 Å². The van der Waals surface area contributed by atoms with Gasteiger partial charge in [-0.1, -0.05) is 18.2 Å². The number of methoxy groups -OCH3 is 1. The molecule has 1 heterocycles. The van der Waals surface area contributed by atoms with E-state index in [4.69, 9.17) is 4.42 Å². The Kier molecular flexibility index (Phi) is 2.25. The molecule has 0 amide bonds. The van der Waals surface area contributed by atoms with Crippen LogP contribution in [-0.4, -0.2) is 13.1 Å². The maximum atomic E-state index is 11.4. The highest BCUT2D eigenvalue weighted by atomic mass is 16.5. The second-order valence-corrected chi connectivity index (χ2v) is 2.97. The second kappa shape index (κ2) is 3.57. The number of carbonyl (C=O) groups is 1. The number of hydrogen-bond donors (Lipinski definition) is 0. The zero-order valence-corrected chi connectivity index (χ0v) is 8.02. The maximum absolute atomic E-state index is 11.4. The van der Waals surface area contributed by atoms with Gasteiger partial charge in [-0.3, -0.25) is 0 Å². The Bertz CT molecular complexity index is 568.